The minimum atomic E-state index is -3.64. The summed E-state index contributed by atoms with van der Waals surface area (Å²) in [4.78, 5) is 13.1. The lowest BCUT2D eigenvalue weighted by Gasteiger charge is -2.14. The molecule has 1 saturated heterocycles. The second kappa shape index (κ2) is 6.41. The first-order valence-electron chi connectivity index (χ1n) is 7.24. The number of amides is 1. The highest BCUT2D eigenvalue weighted by Crippen LogP contribution is 2.25. The summed E-state index contributed by atoms with van der Waals surface area (Å²) in [7, 11) is -3.64. The van der Waals surface area contributed by atoms with Crippen molar-refractivity contribution in [2.45, 2.75) is 13.0 Å². The molecule has 1 atom stereocenters. The Balaban J connectivity index is 1.76. The fraction of sp³-hybridized carbons (Fsp3) is 0.357. The summed E-state index contributed by atoms with van der Waals surface area (Å²) in [6, 6.07) is 4.18. The van der Waals surface area contributed by atoms with Crippen molar-refractivity contribution in [1.82, 2.24) is 15.0 Å². The van der Waals surface area contributed by atoms with Crippen LogP contribution >= 0.6 is 0 Å². The number of hydrogen-bond acceptors (Lipinski definition) is 7. The first-order valence-corrected chi connectivity index (χ1v) is 9.06. The summed E-state index contributed by atoms with van der Waals surface area (Å²) in [6.45, 7) is 1.49. The van der Waals surface area contributed by atoms with E-state index in [4.69, 9.17) is 4.74 Å². The van der Waals surface area contributed by atoms with Crippen molar-refractivity contribution >= 4 is 21.9 Å². The van der Waals surface area contributed by atoms with Crippen molar-refractivity contribution in [2.75, 3.05) is 24.3 Å². The van der Waals surface area contributed by atoms with Crippen molar-refractivity contribution in [3.63, 3.8) is 0 Å². The molecule has 0 aliphatic carbocycles. The van der Waals surface area contributed by atoms with Gasteiger partial charge >= 0.3 is 6.09 Å². The highest BCUT2D eigenvalue weighted by atomic mass is 32.2. The fourth-order valence-corrected chi connectivity index (χ4v) is 2.73. The van der Waals surface area contributed by atoms with Gasteiger partial charge in [0.15, 0.2) is 5.82 Å². The summed E-state index contributed by atoms with van der Waals surface area (Å²) < 4.78 is 47.3. The van der Waals surface area contributed by atoms with Gasteiger partial charge in [-0.3, -0.25) is 9.08 Å². The number of rotatable bonds is 5. The topological polar surface area (TPSA) is 104 Å². The third kappa shape index (κ3) is 3.94. The third-order valence-electron chi connectivity index (χ3n) is 3.44. The van der Waals surface area contributed by atoms with Gasteiger partial charge < -0.3 is 4.74 Å². The fourth-order valence-electron chi connectivity index (χ4n) is 2.33. The molecule has 1 aliphatic rings. The molecule has 2 heterocycles. The molecule has 0 radical (unpaired) electrons. The van der Waals surface area contributed by atoms with E-state index < -0.39 is 28.1 Å². The molecule has 1 aromatic carbocycles. The van der Waals surface area contributed by atoms with Crippen LogP contribution in [0.4, 0.5) is 14.9 Å². The average Bonchev–Trinajstić information content (AvgIpc) is 3.10. The van der Waals surface area contributed by atoms with Crippen LogP contribution in [-0.4, -0.2) is 55.0 Å². The van der Waals surface area contributed by atoms with E-state index in [0.29, 0.717) is 5.69 Å². The monoisotopic (exact) mass is 370 g/mol. The highest BCUT2D eigenvalue weighted by molar-refractivity contribution is 7.85. The largest absolute Gasteiger partial charge is 0.441 e. The van der Waals surface area contributed by atoms with Gasteiger partial charge in [0.2, 0.25) is 0 Å². The van der Waals surface area contributed by atoms with E-state index in [2.05, 4.69) is 14.5 Å². The summed E-state index contributed by atoms with van der Waals surface area (Å²) >= 11 is 0. The van der Waals surface area contributed by atoms with Crippen LogP contribution in [0.1, 0.15) is 5.69 Å². The van der Waals surface area contributed by atoms with Crippen LogP contribution in [-0.2, 0) is 19.0 Å². The number of aromatic nitrogens is 3. The van der Waals surface area contributed by atoms with Gasteiger partial charge in [-0.05, 0) is 25.1 Å². The van der Waals surface area contributed by atoms with Crippen molar-refractivity contribution in [1.29, 1.82) is 0 Å². The van der Waals surface area contributed by atoms with Gasteiger partial charge in [-0.2, -0.15) is 8.42 Å². The number of halogens is 1. The Morgan fingerprint density at radius 2 is 2.20 bits per heavy atom. The molecule has 0 saturated carbocycles. The van der Waals surface area contributed by atoms with E-state index >= 15 is 0 Å². The van der Waals surface area contributed by atoms with Gasteiger partial charge in [-0.15, -0.1) is 5.10 Å². The summed E-state index contributed by atoms with van der Waals surface area (Å²) in [5.74, 6) is -0.592. The normalized spacial score (nSPS) is 17.8. The molecular formula is C14H15FN4O5S. The molecule has 134 valence electrons. The van der Waals surface area contributed by atoms with Crippen LogP contribution in [0.3, 0.4) is 0 Å². The van der Waals surface area contributed by atoms with Crippen LogP contribution in [0.25, 0.3) is 5.69 Å². The number of anilines is 1. The third-order valence-corrected chi connectivity index (χ3v) is 4.00. The van der Waals surface area contributed by atoms with Gasteiger partial charge in [-0.1, -0.05) is 5.21 Å². The summed E-state index contributed by atoms with van der Waals surface area (Å²) in [5, 5.41) is 7.59. The molecule has 2 aromatic rings. The quantitative estimate of drug-likeness (QED) is 0.724. The smallest absolute Gasteiger partial charge is 0.414 e. The maximum atomic E-state index is 14.4. The second-order valence-electron chi connectivity index (χ2n) is 5.55. The maximum Gasteiger partial charge on any atom is 0.414 e. The van der Waals surface area contributed by atoms with Crippen LogP contribution in [0.15, 0.2) is 24.4 Å². The molecule has 0 bridgehead atoms. The SMILES string of the molecule is Cc1cn(-c2ccc(N3C[C@H](COS(C)(=O)=O)OC3=O)cc2F)nn1. The van der Waals surface area contributed by atoms with Crippen LogP contribution < -0.4 is 4.90 Å². The average molecular weight is 370 g/mol. The van der Waals surface area contributed by atoms with Gasteiger partial charge in [0.1, 0.15) is 18.4 Å². The Hall–Kier alpha value is -2.53. The van der Waals surface area contributed by atoms with E-state index in [1.165, 1.54) is 27.8 Å². The Morgan fingerprint density at radius 1 is 1.44 bits per heavy atom. The van der Waals surface area contributed by atoms with Gasteiger partial charge in [0.05, 0.1) is 30.4 Å². The van der Waals surface area contributed by atoms with Crippen LogP contribution in [0, 0.1) is 12.7 Å². The molecule has 1 amide bonds. The molecule has 11 heteroatoms. The molecule has 3 rings (SSSR count). The Bertz CT molecular complexity index is 914. The van der Waals surface area contributed by atoms with Crippen molar-refractivity contribution in [3.8, 4) is 5.69 Å². The molecular weight excluding hydrogens is 355 g/mol. The number of aryl methyl sites for hydroxylation is 1. The molecule has 0 spiro atoms. The second-order valence-corrected chi connectivity index (χ2v) is 7.19. The lowest BCUT2D eigenvalue weighted by molar-refractivity contribution is 0.107. The number of benzene rings is 1. The minimum Gasteiger partial charge on any atom is -0.441 e. The van der Waals surface area contributed by atoms with E-state index in [1.54, 1.807) is 13.1 Å². The molecule has 1 aliphatic heterocycles. The number of carbonyl (C=O) groups is 1. The zero-order valence-electron chi connectivity index (χ0n) is 13.4. The summed E-state index contributed by atoms with van der Waals surface area (Å²) in [6.07, 6.45) is 1.01. The number of hydrogen-bond donors (Lipinski definition) is 0. The zero-order valence-corrected chi connectivity index (χ0v) is 14.2. The van der Waals surface area contributed by atoms with Crippen molar-refractivity contribution in [3.05, 3.63) is 35.9 Å². The molecule has 0 unspecified atom stereocenters. The van der Waals surface area contributed by atoms with E-state index in [9.17, 15) is 17.6 Å². The Morgan fingerprint density at radius 3 is 2.80 bits per heavy atom. The predicted molar refractivity (Wildman–Crippen MR) is 84.5 cm³/mol. The van der Waals surface area contributed by atoms with Gasteiger partial charge in [0, 0.05) is 0 Å². The number of ether oxygens (including phenoxy) is 1. The maximum absolute atomic E-state index is 14.4. The van der Waals surface area contributed by atoms with Crippen molar-refractivity contribution < 1.29 is 26.5 Å². The first kappa shape index (κ1) is 17.3. The van der Waals surface area contributed by atoms with Gasteiger partial charge in [-0.25, -0.2) is 13.9 Å². The number of cyclic esters (lactones) is 1. The zero-order chi connectivity index (χ0) is 18.2. The predicted octanol–water partition coefficient (Wildman–Crippen LogP) is 1.02. The first-order chi connectivity index (χ1) is 11.7. The van der Waals surface area contributed by atoms with E-state index in [1.807, 2.05) is 0 Å². The van der Waals surface area contributed by atoms with Crippen LogP contribution in [0.5, 0.6) is 0 Å². The lowest BCUT2D eigenvalue weighted by Crippen LogP contribution is -2.26. The van der Waals surface area contributed by atoms with E-state index in [-0.39, 0.29) is 24.5 Å². The highest BCUT2D eigenvalue weighted by Gasteiger charge is 2.33. The number of nitrogens with zero attached hydrogens (tertiary/aromatic N) is 4. The van der Waals surface area contributed by atoms with E-state index in [0.717, 1.165) is 6.26 Å². The van der Waals surface area contributed by atoms with Gasteiger partial charge in [0.25, 0.3) is 10.1 Å². The number of carbonyl (C=O) groups excluding carboxylic acids is 1. The summed E-state index contributed by atoms with van der Waals surface area (Å²) in [5.41, 5.74) is 1.11. The molecule has 1 fully saturated rings. The Labute approximate surface area is 143 Å². The standard InChI is InChI=1S/C14H15FN4O5S/c1-9-6-19(17-16-9)13-4-3-10(5-12(13)15)18-7-11(24-14(18)20)8-23-25(2,21)22/h3-6,11H,7-8H2,1-2H3/t11-/m1/s1. The Kier molecular flexibility index (Phi) is 4.43. The molecule has 25 heavy (non-hydrogen) atoms. The minimum absolute atomic E-state index is 0.0512. The molecule has 9 nitrogen and oxygen atoms in total. The van der Waals surface area contributed by atoms with Crippen LogP contribution in [0.2, 0.25) is 0 Å². The molecule has 0 N–H and O–H groups in total. The molecule has 1 aromatic heterocycles. The lowest BCUT2D eigenvalue weighted by atomic mass is 10.2. The van der Waals surface area contributed by atoms with Crippen molar-refractivity contribution in [2.24, 2.45) is 0 Å².